The quantitative estimate of drug-likeness (QED) is 0.919. The Labute approximate surface area is 127 Å². The van der Waals surface area contributed by atoms with Gasteiger partial charge in [-0.1, -0.05) is 6.92 Å². The van der Waals surface area contributed by atoms with Gasteiger partial charge < -0.3 is 4.57 Å². The highest BCUT2D eigenvalue weighted by Gasteiger charge is 2.38. The Morgan fingerprint density at radius 1 is 1.52 bits per heavy atom. The van der Waals surface area contributed by atoms with Crippen molar-refractivity contribution in [2.75, 3.05) is 13.1 Å². The van der Waals surface area contributed by atoms with Crippen molar-refractivity contribution in [3.8, 4) is 6.07 Å². The lowest BCUT2D eigenvalue weighted by Gasteiger charge is -2.43. The fourth-order valence-electron chi connectivity index (χ4n) is 3.73. The van der Waals surface area contributed by atoms with Crippen molar-refractivity contribution in [2.45, 2.75) is 63.7 Å². The van der Waals surface area contributed by atoms with E-state index in [1.165, 1.54) is 6.42 Å². The summed E-state index contributed by atoms with van der Waals surface area (Å²) in [5, 5.41) is 13.2. The number of aromatic nitrogens is 2. The first kappa shape index (κ1) is 14.6. The van der Waals surface area contributed by atoms with Gasteiger partial charge in [0.2, 0.25) is 0 Å². The number of nitrogens with zero attached hydrogens (tertiary/aromatic N) is 4. The van der Waals surface area contributed by atoms with E-state index in [0.29, 0.717) is 6.04 Å². The van der Waals surface area contributed by atoms with Crippen LogP contribution in [0.4, 0.5) is 0 Å². The summed E-state index contributed by atoms with van der Waals surface area (Å²) in [5.41, 5.74) is -0.314. The van der Waals surface area contributed by atoms with E-state index in [4.69, 9.17) is 0 Å². The fourth-order valence-corrected chi connectivity index (χ4v) is 3.73. The van der Waals surface area contributed by atoms with Crippen LogP contribution in [0.1, 0.15) is 44.9 Å². The van der Waals surface area contributed by atoms with Gasteiger partial charge in [-0.3, -0.25) is 10.2 Å². The molecule has 2 aliphatic rings. The van der Waals surface area contributed by atoms with Gasteiger partial charge in [-0.05, 0) is 38.6 Å². The molecule has 2 heterocycles. The topological polar surface area (TPSA) is 56.9 Å². The molecule has 0 spiro atoms. The van der Waals surface area contributed by atoms with Gasteiger partial charge in [0.25, 0.3) is 0 Å². The van der Waals surface area contributed by atoms with E-state index in [-0.39, 0.29) is 5.54 Å². The first-order valence-corrected chi connectivity index (χ1v) is 8.17. The molecule has 1 fully saturated rings. The highest BCUT2D eigenvalue weighted by molar-refractivity contribution is 5.11. The lowest BCUT2D eigenvalue weighted by molar-refractivity contribution is 0.0931. The van der Waals surface area contributed by atoms with Crippen molar-refractivity contribution in [1.29, 1.82) is 5.26 Å². The molecule has 0 amide bonds. The minimum Gasteiger partial charge on any atom is -0.333 e. The molecule has 0 bridgehead atoms. The van der Waals surface area contributed by atoms with Crippen LogP contribution in [0.25, 0.3) is 0 Å². The molecule has 0 aromatic carbocycles. The van der Waals surface area contributed by atoms with E-state index in [9.17, 15) is 5.26 Å². The summed E-state index contributed by atoms with van der Waals surface area (Å²) in [7, 11) is 0. The second kappa shape index (κ2) is 6.17. The van der Waals surface area contributed by atoms with Crippen LogP contribution in [0.2, 0.25) is 0 Å². The van der Waals surface area contributed by atoms with E-state index in [1.807, 2.05) is 6.20 Å². The maximum Gasteiger partial charge on any atom is 0.122 e. The Kier molecular flexibility index (Phi) is 4.27. The largest absolute Gasteiger partial charge is 0.333 e. The summed E-state index contributed by atoms with van der Waals surface area (Å²) in [4.78, 5) is 6.98. The first-order valence-electron chi connectivity index (χ1n) is 8.17. The number of fused-ring (bicyclic) bond motifs is 1. The molecule has 5 heteroatoms. The number of imidazole rings is 1. The zero-order valence-corrected chi connectivity index (χ0v) is 12.9. The molecule has 1 aromatic heterocycles. The molecule has 21 heavy (non-hydrogen) atoms. The summed E-state index contributed by atoms with van der Waals surface area (Å²) in [6, 6.07) is 3.08. The molecular weight excluding hydrogens is 262 g/mol. The lowest BCUT2D eigenvalue weighted by atomic mass is 9.79. The monoisotopic (exact) mass is 287 g/mol. The molecule has 2 atom stereocenters. The van der Waals surface area contributed by atoms with Crippen LogP contribution in [0.15, 0.2) is 12.4 Å². The molecular formula is C16H25N5. The Hall–Kier alpha value is -1.38. The second-order valence-corrected chi connectivity index (χ2v) is 6.38. The maximum atomic E-state index is 9.66. The van der Waals surface area contributed by atoms with Gasteiger partial charge in [0.05, 0.1) is 12.6 Å². The van der Waals surface area contributed by atoms with E-state index in [2.05, 4.69) is 39.0 Å². The highest BCUT2D eigenvalue weighted by Crippen LogP contribution is 2.32. The molecule has 3 rings (SSSR count). The Balaban J connectivity index is 1.68. The van der Waals surface area contributed by atoms with Crippen LogP contribution >= 0.6 is 0 Å². The van der Waals surface area contributed by atoms with Gasteiger partial charge in [0.1, 0.15) is 11.4 Å². The SMILES string of the molecule is CCCNC1(C#N)CCCC(N2CCn3ccnc3C2)C1. The highest BCUT2D eigenvalue weighted by atomic mass is 15.3. The molecule has 0 radical (unpaired) electrons. The van der Waals surface area contributed by atoms with Gasteiger partial charge in [-0.2, -0.15) is 5.26 Å². The molecule has 1 aromatic rings. The standard InChI is InChI=1S/C16H25N5/c1-2-6-19-16(13-17)5-3-4-14(11-16)21-10-9-20-8-7-18-15(20)12-21/h7-8,14,19H,2-6,9-12H2,1H3. The van der Waals surface area contributed by atoms with Gasteiger partial charge >= 0.3 is 0 Å². The third-order valence-electron chi connectivity index (χ3n) is 4.94. The zero-order chi connectivity index (χ0) is 14.7. The van der Waals surface area contributed by atoms with Crippen LogP contribution in [0.5, 0.6) is 0 Å². The van der Waals surface area contributed by atoms with Crippen LogP contribution in [-0.2, 0) is 13.1 Å². The van der Waals surface area contributed by atoms with Crippen molar-refractivity contribution < 1.29 is 0 Å². The predicted molar refractivity (Wildman–Crippen MR) is 81.5 cm³/mol. The number of hydrogen-bond acceptors (Lipinski definition) is 4. The van der Waals surface area contributed by atoms with Crippen molar-refractivity contribution in [1.82, 2.24) is 19.8 Å². The van der Waals surface area contributed by atoms with E-state index in [0.717, 1.165) is 57.7 Å². The number of hydrogen-bond donors (Lipinski definition) is 1. The summed E-state index contributed by atoms with van der Waals surface area (Å²) < 4.78 is 2.24. The molecule has 1 aliphatic carbocycles. The van der Waals surface area contributed by atoms with Crippen LogP contribution in [0, 0.1) is 11.3 Å². The Morgan fingerprint density at radius 2 is 2.43 bits per heavy atom. The maximum absolute atomic E-state index is 9.66. The number of nitrogens with one attached hydrogen (secondary N) is 1. The lowest BCUT2D eigenvalue weighted by Crippen LogP contribution is -2.54. The van der Waals surface area contributed by atoms with Crippen molar-refractivity contribution in [3.63, 3.8) is 0 Å². The number of nitriles is 1. The third-order valence-corrected chi connectivity index (χ3v) is 4.94. The normalized spacial score (nSPS) is 29.8. The minimum atomic E-state index is -0.314. The van der Waals surface area contributed by atoms with Gasteiger partial charge in [0.15, 0.2) is 0 Å². The first-order chi connectivity index (χ1) is 10.3. The van der Waals surface area contributed by atoms with E-state index in [1.54, 1.807) is 0 Å². The fraction of sp³-hybridized carbons (Fsp3) is 0.750. The minimum absolute atomic E-state index is 0.314. The summed E-state index contributed by atoms with van der Waals surface area (Å²) in [5.74, 6) is 1.16. The van der Waals surface area contributed by atoms with Gasteiger partial charge in [-0.25, -0.2) is 4.98 Å². The average Bonchev–Trinajstić information content (AvgIpc) is 3.00. The van der Waals surface area contributed by atoms with E-state index >= 15 is 0 Å². The van der Waals surface area contributed by atoms with Gasteiger partial charge in [-0.15, -0.1) is 0 Å². The summed E-state index contributed by atoms with van der Waals surface area (Å²) in [6.45, 7) is 6.11. The second-order valence-electron chi connectivity index (χ2n) is 6.38. The third kappa shape index (κ3) is 2.97. The van der Waals surface area contributed by atoms with Crippen molar-refractivity contribution >= 4 is 0 Å². The van der Waals surface area contributed by atoms with Crippen LogP contribution in [0.3, 0.4) is 0 Å². The Morgan fingerprint density at radius 3 is 3.24 bits per heavy atom. The smallest absolute Gasteiger partial charge is 0.122 e. The van der Waals surface area contributed by atoms with Crippen LogP contribution in [-0.4, -0.2) is 39.1 Å². The average molecular weight is 287 g/mol. The molecule has 2 unspecified atom stereocenters. The van der Waals surface area contributed by atoms with Gasteiger partial charge in [0, 0.05) is 31.5 Å². The molecule has 1 N–H and O–H groups in total. The number of rotatable bonds is 4. The molecule has 1 aliphatic heterocycles. The van der Waals surface area contributed by atoms with Crippen molar-refractivity contribution in [3.05, 3.63) is 18.2 Å². The zero-order valence-electron chi connectivity index (χ0n) is 12.9. The summed E-state index contributed by atoms with van der Waals surface area (Å²) in [6.07, 6.45) is 9.32. The van der Waals surface area contributed by atoms with Crippen molar-refractivity contribution in [2.24, 2.45) is 0 Å². The summed E-state index contributed by atoms with van der Waals surface area (Å²) >= 11 is 0. The molecule has 1 saturated carbocycles. The Bertz CT molecular complexity index is 517. The predicted octanol–water partition coefficient (Wildman–Crippen LogP) is 1.90. The van der Waals surface area contributed by atoms with Crippen LogP contribution < -0.4 is 5.32 Å². The van der Waals surface area contributed by atoms with E-state index < -0.39 is 0 Å². The molecule has 0 saturated heterocycles. The molecule has 114 valence electrons. The molecule has 5 nitrogen and oxygen atoms in total.